The number of hydrogen-bond acceptors (Lipinski definition) is 5. The highest BCUT2D eigenvalue weighted by atomic mass is 79.9. The summed E-state index contributed by atoms with van der Waals surface area (Å²) < 4.78 is 17.0. The van der Waals surface area contributed by atoms with Gasteiger partial charge in [0.15, 0.2) is 6.29 Å². The highest BCUT2D eigenvalue weighted by Crippen LogP contribution is 2.33. The molecule has 0 N–H and O–H groups in total. The van der Waals surface area contributed by atoms with Gasteiger partial charge in [-0.1, -0.05) is 52.3 Å². The number of methoxy groups -OCH3 is 1. The van der Waals surface area contributed by atoms with Crippen molar-refractivity contribution in [1.82, 2.24) is 4.90 Å². The van der Waals surface area contributed by atoms with E-state index in [9.17, 15) is 4.79 Å². The number of allylic oxidation sites excluding steroid dienone is 1. The third kappa shape index (κ3) is 5.72. The molecule has 0 aliphatic carbocycles. The molecule has 0 amide bonds. The van der Waals surface area contributed by atoms with Gasteiger partial charge in [0.25, 0.3) is 0 Å². The fourth-order valence-corrected chi connectivity index (χ4v) is 3.97. The van der Waals surface area contributed by atoms with Crippen LogP contribution < -0.4 is 4.74 Å². The van der Waals surface area contributed by atoms with Gasteiger partial charge < -0.3 is 14.2 Å². The summed E-state index contributed by atoms with van der Waals surface area (Å²) in [5.41, 5.74) is 3.33. The van der Waals surface area contributed by atoms with Gasteiger partial charge in [-0.25, -0.2) is 0 Å². The number of carbonyl (C=O) groups excluding carboxylic acids is 1. The Hall–Kier alpha value is -2.15. The highest BCUT2D eigenvalue weighted by molar-refractivity contribution is 9.09. The molecule has 1 aliphatic rings. The lowest BCUT2D eigenvalue weighted by Gasteiger charge is -2.26. The molecule has 0 bridgehead atoms. The number of rotatable bonds is 9. The lowest BCUT2D eigenvalue weighted by Crippen LogP contribution is -2.38. The summed E-state index contributed by atoms with van der Waals surface area (Å²) in [5.74, 6) is 1.59. The third-order valence-electron chi connectivity index (χ3n) is 5.11. The SMILES string of the molecule is CO/C(=C(/c1ccc(OCCN2CCOCC2)cc1)c1ccccc1C=O)C(C)Br. The Morgan fingerprint density at radius 2 is 1.87 bits per heavy atom. The predicted molar refractivity (Wildman–Crippen MR) is 122 cm³/mol. The smallest absolute Gasteiger partial charge is 0.150 e. The van der Waals surface area contributed by atoms with Gasteiger partial charge in [-0.15, -0.1) is 0 Å². The topological polar surface area (TPSA) is 48.0 Å². The van der Waals surface area contributed by atoms with Crippen LogP contribution >= 0.6 is 15.9 Å². The molecule has 0 spiro atoms. The molecular formula is C24H28BrNO4. The normalized spacial score (nSPS) is 16.5. The van der Waals surface area contributed by atoms with Crippen LogP contribution in [0.15, 0.2) is 54.3 Å². The van der Waals surface area contributed by atoms with Crippen LogP contribution in [0.3, 0.4) is 0 Å². The first-order chi connectivity index (χ1) is 14.6. The van der Waals surface area contributed by atoms with Crippen LogP contribution in [0.5, 0.6) is 5.75 Å². The van der Waals surface area contributed by atoms with E-state index in [1.165, 1.54) is 0 Å². The maximum atomic E-state index is 11.6. The first-order valence-corrected chi connectivity index (χ1v) is 11.1. The summed E-state index contributed by atoms with van der Waals surface area (Å²) in [6, 6.07) is 15.5. The summed E-state index contributed by atoms with van der Waals surface area (Å²) >= 11 is 3.62. The van der Waals surface area contributed by atoms with Crippen LogP contribution in [0, 0.1) is 0 Å². The van der Waals surface area contributed by atoms with Crippen molar-refractivity contribution in [2.24, 2.45) is 0 Å². The maximum absolute atomic E-state index is 11.6. The van der Waals surface area contributed by atoms with E-state index in [2.05, 4.69) is 20.8 Å². The second kappa shape index (κ2) is 11.3. The van der Waals surface area contributed by atoms with E-state index < -0.39 is 0 Å². The summed E-state index contributed by atoms with van der Waals surface area (Å²) in [6.45, 7) is 7.02. The van der Waals surface area contributed by atoms with Crippen LogP contribution in [0.1, 0.15) is 28.4 Å². The molecule has 0 aromatic heterocycles. The zero-order valence-corrected chi connectivity index (χ0v) is 19.1. The number of morpholine rings is 1. The van der Waals surface area contributed by atoms with Gasteiger partial charge in [0.2, 0.25) is 0 Å². The van der Waals surface area contributed by atoms with E-state index in [-0.39, 0.29) is 4.83 Å². The minimum atomic E-state index is -0.0124. The van der Waals surface area contributed by atoms with Crippen molar-refractivity contribution in [1.29, 1.82) is 0 Å². The van der Waals surface area contributed by atoms with Gasteiger partial charge in [-0.3, -0.25) is 9.69 Å². The molecule has 6 heteroatoms. The molecule has 30 heavy (non-hydrogen) atoms. The second-order valence-electron chi connectivity index (χ2n) is 7.09. The highest BCUT2D eigenvalue weighted by Gasteiger charge is 2.19. The first kappa shape index (κ1) is 22.5. The molecule has 160 valence electrons. The predicted octanol–water partition coefficient (Wildman–Crippen LogP) is 4.40. The summed E-state index contributed by atoms with van der Waals surface area (Å²) in [7, 11) is 1.65. The fourth-order valence-electron chi connectivity index (χ4n) is 3.56. The van der Waals surface area contributed by atoms with Crippen molar-refractivity contribution in [2.45, 2.75) is 11.8 Å². The molecule has 1 saturated heterocycles. The quantitative estimate of drug-likeness (QED) is 0.306. The van der Waals surface area contributed by atoms with Gasteiger partial charge in [0.05, 0.1) is 25.2 Å². The van der Waals surface area contributed by atoms with E-state index in [1.807, 2.05) is 55.5 Å². The summed E-state index contributed by atoms with van der Waals surface area (Å²) in [6.07, 6.45) is 0.880. The molecule has 1 atom stereocenters. The van der Waals surface area contributed by atoms with E-state index in [0.717, 1.165) is 67.3 Å². The standard InChI is InChI=1S/C24H28BrNO4/c1-18(25)24(28-2)23(22-6-4-3-5-20(22)17-27)19-7-9-21(10-8-19)30-16-13-26-11-14-29-15-12-26/h3-10,17-18H,11-16H2,1-2H3/b24-23-. The molecule has 1 fully saturated rings. The van der Waals surface area contributed by atoms with Crippen LogP contribution in [0.25, 0.3) is 5.57 Å². The first-order valence-electron chi connectivity index (χ1n) is 10.1. The zero-order chi connectivity index (χ0) is 21.3. The van der Waals surface area contributed by atoms with Gasteiger partial charge in [-0.2, -0.15) is 0 Å². The van der Waals surface area contributed by atoms with Crippen molar-refractivity contribution in [3.05, 3.63) is 71.0 Å². The van der Waals surface area contributed by atoms with Crippen molar-refractivity contribution < 1.29 is 19.0 Å². The molecular weight excluding hydrogens is 446 g/mol. The fraction of sp³-hybridized carbons (Fsp3) is 0.375. The van der Waals surface area contributed by atoms with Crippen LogP contribution in [-0.4, -0.2) is 62.6 Å². The van der Waals surface area contributed by atoms with E-state index in [0.29, 0.717) is 12.2 Å². The lowest BCUT2D eigenvalue weighted by atomic mass is 9.92. The molecule has 2 aromatic rings. The average molecular weight is 474 g/mol. The minimum Gasteiger partial charge on any atom is -0.499 e. The van der Waals surface area contributed by atoms with Crippen molar-refractivity contribution in [2.75, 3.05) is 46.6 Å². The van der Waals surface area contributed by atoms with Crippen molar-refractivity contribution in [3.8, 4) is 5.75 Å². The average Bonchev–Trinajstić information content (AvgIpc) is 2.78. The largest absolute Gasteiger partial charge is 0.499 e. The molecule has 3 rings (SSSR count). The Balaban J connectivity index is 1.81. The van der Waals surface area contributed by atoms with E-state index >= 15 is 0 Å². The van der Waals surface area contributed by atoms with Crippen molar-refractivity contribution >= 4 is 27.8 Å². The molecule has 0 radical (unpaired) electrons. The Morgan fingerprint density at radius 1 is 1.17 bits per heavy atom. The van der Waals surface area contributed by atoms with Gasteiger partial charge in [0.1, 0.15) is 18.1 Å². The maximum Gasteiger partial charge on any atom is 0.150 e. The molecule has 1 unspecified atom stereocenters. The second-order valence-corrected chi connectivity index (χ2v) is 8.46. The lowest BCUT2D eigenvalue weighted by molar-refractivity contribution is 0.0322. The number of alkyl halides is 1. The van der Waals surface area contributed by atoms with Crippen LogP contribution in [0.2, 0.25) is 0 Å². The van der Waals surface area contributed by atoms with Crippen LogP contribution in [0.4, 0.5) is 0 Å². The number of halogens is 1. The zero-order valence-electron chi connectivity index (χ0n) is 17.5. The Morgan fingerprint density at radius 3 is 2.50 bits per heavy atom. The molecule has 2 aromatic carbocycles. The molecule has 5 nitrogen and oxygen atoms in total. The van der Waals surface area contributed by atoms with E-state index in [4.69, 9.17) is 14.2 Å². The molecule has 1 aliphatic heterocycles. The third-order valence-corrected chi connectivity index (χ3v) is 5.52. The minimum absolute atomic E-state index is 0.0124. The number of nitrogens with zero attached hydrogens (tertiary/aromatic N) is 1. The monoisotopic (exact) mass is 473 g/mol. The number of aldehydes is 1. The summed E-state index contributed by atoms with van der Waals surface area (Å²) in [5, 5.41) is 0. The summed E-state index contributed by atoms with van der Waals surface area (Å²) in [4.78, 5) is 14.0. The van der Waals surface area contributed by atoms with Crippen LogP contribution in [-0.2, 0) is 9.47 Å². The van der Waals surface area contributed by atoms with E-state index in [1.54, 1.807) is 7.11 Å². The van der Waals surface area contributed by atoms with Gasteiger partial charge in [-0.05, 0) is 30.2 Å². The molecule has 1 heterocycles. The number of hydrogen-bond donors (Lipinski definition) is 0. The number of carbonyl (C=O) groups is 1. The van der Waals surface area contributed by atoms with Crippen molar-refractivity contribution in [3.63, 3.8) is 0 Å². The Kier molecular flexibility index (Phi) is 8.49. The molecule has 0 saturated carbocycles. The van der Waals surface area contributed by atoms with Gasteiger partial charge in [0, 0.05) is 30.8 Å². The Bertz CT molecular complexity index is 858. The number of benzene rings is 2. The van der Waals surface area contributed by atoms with Gasteiger partial charge >= 0.3 is 0 Å². The Labute approximate surface area is 186 Å². The number of ether oxygens (including phenoxy) is 3.